The van der Waals surface area contributed by atoms with Crippen molar-refractivity contribution in [3.05, 3.63) is 22.2 Å². The van der Waals surface area contributed by atoms with Gasteiger partial charge in [0.25, 0.3) is 0 Å². The first-order valence-corrected chi connectivity index (χ1v) is 8.15. The number of benzene rings is 1. The maximum Gasteiger partial charge on any atom is 0.162 e. The molecular formula is C16H27BrCl2N2O2. The summed E-state index contributed by atoms with van der Waals surface area (Å²) in [6.07, 6.45) is 0. The second kappa shape index (κ2) is 9.33. The molecule has 4 nitrogen and oxygen atoms in total. The molecule has 2 rings (SSSR count). The van der Waals surface area contributed by atoms with Crippen molar-refractivity contribution in [3.8, 4) is 11.5 Å². The Kier molecular flexibility index (Phi) is 9.25. The van der Waals surface area contributed by atoms with E-state index in [1.54, 1.807) is 13.2 Å². The van der Waals surface area contributed by atoms with Gasteiger partial charge in [0.05, 0.1) is 7.11 Å². The molecule has 134 valence electrons. The molecule has 0 radical (unpaired) electrons. The van der Waals surface area contributed by atoms with Crippen molar-refractivity contribution >= 4 is 40.7 Å². The lowest BCUT2D eigenvalue weighted by molar-refractivity contribution is 0.0839. The molecule has 2 N–H and O–H groups in total. The Balaban J connectivity index is 0.00000242. The van der Waals surface area contributed by atoms with Gasteiger partial charge in [0, 0.05) is 42.3 Å². The molecule has 1 heterocycles. The monoisotopic (exact) mass is 428 g/mol. The molecule has 0 aliphatic carbocycles. The van der Waals surface area contributed by atoms with E-state index in [1.165, 1.54) is 0 Å². The minimum absolute atomic E-state index is 0. The highest BCUT2D eigenvalue weighted by atomic mass is 79.9. The fourth-order valence-corrected chi connectivity index (χ4v) is 3.56. The highest BCUT2D eigenvalue weighted by molar-refractivity contribution is 9.10. The predicted molar refractivity (Wildman–Crippen MR) is 103 cm³/mol. The Morgan fingerprint density at radius 3 is 2.26 bits per heavy atom. The Morgan fingerprint density at radius 1 is 1.22 bits per heavy atom. The summed E-state index contributed by atoms with van der Waals surface area (Å²) in [7, 11) is 1.59. The molecule has 1 aliphatic heterocycles. The van der Waals surface area contributed by atoms with Gasteiger partial charge < -0.3 is 15.2 Å². The van der Waals surface area contributed by atoms with Crippen LogP contribution in [0.25, 0.3) is 0 Å². The van der Waals surface area contributed by atoms with E-state index in [2.05, 4.69) is 46.9 Å². The number of phenolic OH excluding ortho intramolecular Hbond substituents is 1. The van der Waals surface area contributed by atoms with Gasteiger partial charge in [-0.25, -0.2) is 0 Å². The molecule has 23 heavy (non-hydrogen) atoms. The number of piperazine rings is 1. The van der Waals surface area contributed by atoms with Crippen LogP contribution in [0.1, 0.15) is 32.4 Å². The van der Waals surface area contributed by atoms with Gasteiger partial charge in [-0.1, -0.05) is 36.7 Å². The van der Waals surface area contributed by atoms with Crippen molar-refractivity contribution in [2.45, 2.75) is 26.8 Å². The first-order chi connectivity index (χ1) is 9.84. The van der Waals surface area contributed by atoms with Crippen LogP contribution in [-0.2, 0) is 0 Å². The molecule has 1 aliphatic rings. The minimum Gasteiger partial charge on any atom is -0.504 e. The summed E-state index contributed by atoms with van der Waals surface area (Å²) >= 11 is 3.53. The van der Waals surface area contributed by atoms with Gasteiger partial charge in [-0.15, -0.1) is 24.8 Å². The molecule has 0 spiro atoms. The number of phenols is 1. The van der Waals surface area contributed by atoms with Crippen molar-refractivity contribution in [1.29, 1.82) is 0 Å². The van der Waals surface area contributed by atoms with Gasteiger partial charge in [-0.3, -0.25) is 4.90 Å². The normalized spacial score (nSPS) is 16.9. The number of aromatic hydroxyl groups is 1. The Hall–Kier alpha value is -0.200. The predicted octanol–water partition coefficient (Wildman–Crippen LogP) is 4.00. The summed E-state index contributed by atoms with van der Waals surface area (Å²) in [6.45, 7) is 10.6. The van der Waals surface area contributed by atoms with Gasteiger partial charge in [-0.2, -0.15) is 0 Å². The zero-order valence-electron chi connectivity index (χ0n) is 14.1. The fourth-order valence-electron chi connectivity index (χ4n) is 3.11. The van der Waals surface area contributed by atoms with Crippen LogP contribution in [0.3, 0.4) is 0 Å². The fraction of sp³-hybridized carbons (Fsp3) is 0.625. The number of nitrogens with zero attached hydrogens (tertiary/aromatic N) is 1. The summed E-state index contributed by atoms with van der Waals surface area (Å²) in [5.41, 5.74) is 0.941. The lowest BCUT2D eigenvalue weighted by Crippen LogP contribution is -2.48. The zero-order chi connectivity index (χ0) is 15.6. The van der Waals surface area contributed by atoms with Gasteiger partial charge in [-0.05, 0) is 17.5 Å². The van der Waals surface area contributed by atoms with Gasteiger partial charge in [0.1, 0.15) is 0 Å². The quantitative estimate of drug-likeness (QED) is 0.762. The highest BCUT2D eigenvalue weighted by Crippen LogP contribution is 2.46. The van der Waals surface area contributed by atoms with Crippen LogP contribution in [0.15, 0.2) is 16.6 Å². The van der Waals surface area contributed by atoms with Crippen molar-refractivity contribution in [1.82, 2.24) is 10.2 Å². The first-order valence-electron chi connectivity index (χ1n) is 7.35. The largest absolute Gasteiger partial charge is 0.504 e. The molecule has 1 aromatic rings. The molecule has 0 amide bonds. The second-order valence-corrected chi connectivity index (χ2v) is 7.52. The lowest BCUT2D eigenvalue weighted by atomic mass is 9.80. The third-order valence-corrected chi connectivity index (χ3v) is 4.38. The lowest BCUT2D eigenvalue weighted by Gasteiger charge is -2.43. The number of nitrogens with one attached hydrogen (secondary N) is 1. The Bertz CT molecular complexity index is 504. The summed E-state index contributed by atoms with van der Waals surface area (Å²) < 4.78 is 6.23. The number of methoxy groups -OCH3 is 1. The van der Waals surface area contributed by atoms with E-state index in [-0.39, 0.29) is 42.0 Å². The number of ether oxygens (including phenoxy) is 1. The van der Waals surface area contributed by atoms with Crippen molar-refractivity contribution in [2.75, 3.05) is 33.3 Å². The van der Waals surface area contributed by atoms with Gasteiger partial charge >= 0.3 is 0 Å². The maximum absolute atomic E-state index is 10.6. The molecule has 0 unspecified atom stereocenters. The van der Waals surface area contributed by atoms with E-state index in [4.69, 9.17) is 4.74 Å². The summed E-state index contributed by atoms with van der Waals surface area (Å²) in [6, 6.07) is 3.96. The van der Waals surface area contributed by atoms with Gasteiger partial charge in [0.2, 0.25) is 0 Å². The molecule has 1 saturated heterocycles. The van der Waals surface area contributed by atoms with Crippen LogP contribution in [-0.4, -0.2) is 43.3 Å². The topological polar surface area (TPSA) is 44.7 Å². The standard InChI is InChI=1S/C16H25BrN2O2.2ClH/c1-16(2,3)15(19-7-5-18-6-8-19)12-9-11(17)10-13(21-4)14(12)20;;/h9-10,15,18,20H,5-8H2,1-4H3;2*1H/t15-;;/m0../s1. The number of rotatable bonds is 3. The Labute approximate surface area is 159 Å². The minimum atomic E-state index is 0. The smallest absolute Gasteiger partial charge is 0.162 e. The van der Waals surface area contributed by atoms with E-state index in [0.29, 0.717) is 5.75 Å². The van der Waals surface area contributed by atoms with Crippen molar-refractivity contribution in [2.24, 2.45) is 5.41 Å². The molecule has 0 saturated carbocycles. The van der Waals surface area contributed by atoms with Crippen LogP contribution >= 0.6 is 40.7 Å². The third kappa shape index (κ3) is 5.40. The first kappa shape index (κ1) is 22.8. The van der Waals surface area contributed by atoms with Crippen molar-refractivity contribution < 1.29 is 9.84 Å². The number of hydrogen-bond acceptors (Lipinski definition) is 4. The average Bonchev–Trinajstić information content (AvgIpc) is 2.42. The third-order valence-electron chi connectivity index (χ3n) is 3.92. The molecule has 0 bridgehead atoms. The van der Waals surface area contributed by atoms with Crippen LogP contribution in [0.2, 0.25) is 0 Å². The van der Waals surface area contributed by atoms with E-state index in [0.717, 1.165) is 36.2 Å². The van der Waals surface area contributed by atoms with E-state index < -0.39 is 0 Å². The SMILES string of the molecule is COc1cc(Br)cc([C@H](N2CCNCC2)C(C)(C)C)c1O.Cl.Cl. The van der Waals surface area contributed by atoms with Gasteiger partial charge in [0.15, 0.2) is 11.5 Å². The number of hydrogen-bond donors (Lipinski definition) is 2. The Morgan fingerprint density at radius 2 is 1.78 bits per heavy atom. The second-order valence-electron chi connectivity index (χ2n) is 6.60. The summed E-state index contributed by atoms with van der Waals surface area (Å²) in [5, 5.41) is 14.0. The molecule has 1 atom stereocenters. The highest BCUT2D eigenvalue weighted by Gasteiger charge is 2.35. The van der Waals surface area contributed by atoms with Crippen LogP contribution in [0.4, 0.5) is 0 Å². The van der Waals surface area contributed by atoms with Crippen LogP contribution in [0, 0.1) is 5.41 Å². The number of halogens is 3. The molecule has 7 heteroatoms. The molecule has 1 fully saturated rings. The zero-order valence-corrected chi connectivity index (χ0v) is 17.3. The van der Waals surface area contributed by atoms with E-state index in [1.807, 2.05) is 6.07 Å². The summed E-state index contributed by atoms with van der Waals surface area (Å²) in [4.78, 5) is 2.44. The summed E-state index contributed by atoms with van der Waals surface area (Å²) in [5.74, 6) is 0.767. The average molecular weight is 430 g/mol. The van der Waals surface area contributed by atoms with E-state index in [9.17, 15) is 5.11 Å². The van der Waals surface area contributed by atoms with Crippen molar-refractivity contribution in [3.63, 3.8) is 0 Å². The molecule has 1 aromatic carbocycles. The van der Waals surface area contributed by atoms with Crippen LogP contribution < -0.4 is 10.1 Å². The van der Waals surface area contributed by atoms with Crippen LogP contribution in [0.5, 0.6) is 11.5 Å². The molecular weight excluding hydrogens is 403 g/mol. The molecule has 0 aromatic heterocycles. The van der Waals surface area contributed by atoms with E-state index >= 15 is 0 Å². The maximum atomic E-state index is 10.6.